The molecular formula is C24H17BrClNO3. The molecule has 0 aliphatic carbocycles. The van der Waals surface area contributed by atoms with E-state index in [1.54, 1.807) is 18.2 Å². The topological polar surface area (TPSA) is 48.4 Å². The maximum atomic E-state index is 12.8. The number of carbonyl (C=O) groups is 1. The molecule has 4 rings (SSSR count). The lowest BCUT2D eigenvalue weighted by molar-refractivity contribution is 0.0453. The van der Waals surface area contributed by atoms with Crippen molar-refractivity contribution >= 4 is 44.4 Å². The van der Waals surface area contributed by atoms with Crippen LogP contribution in [0.5, 0.6) is 5.75 Å². The van der Waals surface area contributed by atoms with Crippen LogP contribution >= 0.6 is 27.5 Å². The fraction of sp³-hybridized carbons (Fsp3) is 0.0833. The number of nitrogens with zero attached hydrogens (tertiary/aromatic N) is 1. The number of halogens is 2. The van der Waals surface area contributed by atoms with Gasteiger partial charge in [-0.25, -0.2) is 9.78 Å². The molecule has 6 heteroatoms. The molecule has 0 aliphatic heterocycles. The van der Waals surface area contributed by atoms with Gasteiger partial charge in [0.2, 0.25) is 0 Å². The minimum Gasteiger partial charge on any atom is -0.488 e. The van der Waals surface area contributed by atoms with E-state index in [0.29, 0.717) is 22.0 Å². The van der Waals surface area contributed by atoms with E-state index in [4.69, 9.17) is 26.1 Å². The normalized spacial score (nSPS) is 10.7. The average molecular weight is 483 g/mol. The van der Waals surface area contributed by atoms with E-state index in [0.717, 1.165) is 20.9 Å². The van der Waals surface area contributed by atoms with Crippen molar-refractivity contribution in [3.05, 3.63) is 93.9 Å². The number of esters is 1. The van der Waals surface area contributed by atoms with E-state index in [9.17, 15) is 4.79 Å². The summed E-state index contributed by atoms with van der Waals surface area (Å²) in [4.78, 5) is 17.5. The summed E-state index contributed by atoms with van der Waals surface area (Å²) in [7, 11) is 0. The van der Waals surface area contributed by atoms with Crippen LogP contribution in [-0.4, -0.2) is 24.2 Å². The molecule has 4 aromatic rings. The lowest BCUT2D eigenvalue weighted by atomic mass is 10.0. The molecule has 1 aromatic heterocycles. The predicted octanol–water partition coefficient (Wildman–Crippen LogP) is 6.55. The second-order valence-electron chi connectivity index (χ2n) is 6.49. The molecule has 0 saturated heterocycles. The van der Waals surface area contributed by atoms with E-state index in [1.165, 1.54) is 0 Å². The first-order chi connectivity index (χ1) is 14.6. The van der Waals surface area contributed by atoms with Crippen molar-refractivity contribution in [3.8, 4) is 17.0 Å². The van der Waals surface area contributed by atoms with E-state index in [1.807, 2.05) is 60.7 Å². The summed E-state index contributed by atoms with van der Waals surface area (Å²) in [6.07, 6.45) is 0. The van der Waals surface area contributed by atoms with E-state index < -0.39 is 5.97 Å². The van der Waals surface area contributed by atoms with Crippen molar-refractivity contribution in [1.29, 1.82) is 0 Å². The molecule has 0 unspecified atom stereocenters. The van der Waals surface area contributed by atoms with Crippen LogP contribution in [0.4, 0.5) is 0 Å². The van der Waals surface area contributed by atoms with Crippen molar-refractivity contribution in [1.82, 2.24) is 4.98 Å². The molecule has 0 N–H and O–H groups in total. The van der Waals surface area contributed by atoms with Gasteiger partial charge in [-0.1, -0.05) is 70.0 Å². The summed E-state index contributed by atoms with van der Waals surface area (Å²) in [6.45, 7) is 0.312. The van der Waals surface area contributed by atoms with Crippen LogP contribution in [0.2, 0.25) is 5.02 Å². The second-order valence-corrected chi connectivity index (χ2v) is 7.82. The number of ether oxygens (including phenoxy) is 2. The predicted molar refractivity (Wildman–Crippen MR) is 122 cm³/mol. The van der Waals surface area contributed by atoms with Gasteiger partial charge < -0.3 is 9.47 Å². The van der Waals surface area contributed by atoms with Crippen molar-refractivity contribution in [2.24, 2.45) is 0 Å². The molecule has 0 aliphatic rings. The zero-order chi connectivity index (χ0) is 20.9. The number of pyridine rings is 1. The Balaban J connectivity index is 1.54. The van der Waals surface area contributed by atoms with Crippen molar-refractivity contribution in [3.63, 3.8) is 0 Å². The number of hydrogen-bond acceptors (Lipinski definition) is 4. The Kier molecular flexibility index (Phi) is 6.31. The highest BCUT2D eigenvalue weighted by atomic mass is 79.9. The van der Waals surface area contributed by atoms with Gasteiger partial charge in [0, 0.05) is 15.4 Å². The quantitative estimate of drug-likeness (QED) is 0.231. The number of fused-ring (bicyclic) bond motifs is 1. The smallest absolute Gasteiger partial charge is 0.339 e. The van der Waals surface area contributed by atoms with Gasteiger partial charge in [-0.05, 0) is 36.4 Å². The summed E-state index contributed by atoms with van der Waals surface area (Å²) >= 11 is 9.51. The molecule has 3 aromatic carbocycles. The average Bonchev–Trinajstić information content (AvgIpc) is 2.77. The molecule has 4 nitrogen and oxygen atoms in total. The third-order valence-corrected chi connectivity index (χ3v) is 5.33. The Morgan fingerprint density at radius 2 is 1.67 bits per heavy atom. The van der Waals surface area contributed by atoms with E-state index >= 15 is 0 Å². The first-order valence-corrected chi connectivity index (χ1v) is 10.5. The first kappa shape index (κ1) is 20.4. The lowest BCUT2D eigenvalue weighted by Crippen LogP contribution is -2.13. The molecule has 0 atom stereocenters. The van der Waals surface area contributed by atoms with Gasteiger partial charge in [0.05, 0.1) is 21.8 Å². The Morgan fingerprint density at radius 3 is 2.47 bits per heavy atom. The van der Waals surface area contributed by atoms with Gasteiger partial charge >= 0.3 is 5.97 Å². The van der Waals surface area contributed by atoms with Crippen LogP contribution in [0.3, 0.4) is 0 Å². The van der Waals surface area contributed by atoms with E-state index in [2.05, 4.69) is 15.9 Å². The number of rotatable bonds is 6. The Bertz CT molecular complexity index is 1190. The Labute approximate surface area is 187 Å². The van der Waals surface area contributed by atoms with E-state index in [-0.39, 0.29) is 13.2 Å². The first-order valence-electron chi connectivity index (χ1n) is 9.32. The largest absolute Gasteiger partial charge is 0.488 e. The monoisotopic (exact) mass is 481 g/mol. The summed E-state index contributed by atoms with van der Waals surface area (Å²) in [5.74, 6) is 0.136. The third-order valence-electron chi connectivity index (χ3n) is 4.49. The van der Waals surface area contributed by atoms with Crippen LogP contribution in [-0.2, 0) is 4.74 Å². The maximum Gasteiger partial charge on any atom is 0.339 e. The summed E-state index contributed by atoms with van der Waals surface area (Å²) in [6, 6.07) is 24.2. The summed E-state index contributed by atoms with van der Waals surface area (Å²) in [5, 5.41) is 1.26. The minimum atomic E-state index is -0.422. The molecule has 0 fully saturated rings. The molecule has 0 radical (unpaired) electrons. The standard InChI is InChI=1S/C24H17BrClNO3/c25-17-11-9-16(10-12-17)22-15-19(18-5-1-3-7-21(18)27-22)24(28)30-14-13-29-23-8-4-2-6-20(23)26/h1-12,15H,13-14H2. The molecule has 0 saturated carbocycles. The van der Waals surface area contributed by atoms with Gasteiger partial charge in [-0.15, -0.1) is 0 Å². The number of aromatic nitrogens is 1. The molecule has 1 heterocycles. The van der Waals surface area contributed by atoms with Crippen LogP contribution in [0, 0.1) is 0 Å². The highest BCUT2D eigenvalue weighted by Crippen LogP contribution is 2.27. The van der Waals surface area contributed by atoms with Crippen LogP contribution < -0.4 is 4.74 Å². The maximum absolute atomic E-state index is 12.8. The zero-order valence-electron chi connectivity index (χ0n) is 15.8. The minimum absolute atomic E-state index is 0.105. The number of para-hydroxylation sites is 2. The highest BCUT2D eigenvalue weighted by Gasteiger charge is 2.15. The molecule has 0 spiro atoms. The van der Waals surface area contributed by atoms with Crippen LogP contribution in [0.25, 0.3) is 22.2 Å². The van der Waals surface area contributed by atoms with Gasteiger partial charge in [0.1, 0.15) is 19.0 Å². The van der Waals surface area contributed by atoms with Gasteiger partial charge in [-0.3, -0.25) is 0 Å². The summed E-state index contributed by atoms with van der Waals surface area (Å²) in [5.41, 5.74) is 2.83. The lowest BCUT2D eigenvalue weighted by Gasteiger charge is -2.11. The van der Waals surface area contributed by atoms with Crippen molar-refractivity contribution < 1.29 is 14.3 Å². The molecule has 30 heavy (non-hydrogen) atoms. The van der Waals surface area contributed by atoms with Gasteiger partial charge in [0.25, 0.3) is 0 Å². The summed E-state index contributed by atoms with van der Waals surface area (Å²) < 4.78 is 12.0. The van der Waals surface area contributed by atoms with Gasteiger partial charge in [0.15, 0.2) is 0 Å². The third kappa shape index (κ3) is 4.64. The van der Waals surface area contributed by atoms with Crippen molar-refractivity contribution in [2.45, 2.75) is 0 Å². The molecular weight excluding hydrogens is 466 g/mol. The zero-order valence-corrected chi connectivity index (χ0v) is 18.2. The second kappa shape index (κ2) is 9.28. The van der Waals surface area contributed by atoms with Gasteiger partial charge in [-0.2, -0.15) is 0 Å². The molecule has 0 amide bonds. The highest BCUT2D eigenvalue weighted by molar-refractivity contribution is 9.10. The van der Waals surface area contributed by atoms with Crippen LogP contribution in [0.15, 0.2) is 83.3 Å². The van der Waals surface area contributed by atoms with Crippen molar-refractivity contribution in [2.75, 3.05) is 13.2 Å². The number of benzene rings is 3. The Hall–Kier alpha value is -2.89. The molecule has 150 valence electrons. The molecule has 0 bridgehead atoms. The SMILES string of the molecule is O=C(OCCOc1ccccc1Cl)c1cc(-c2ccc(Br)cc2)nc2ccccc12. The fourth-order valence-electron chi connectivity index (χ4n) is 3.04. The number of hydrogen-bond donors (Lipinski definition) is 0. The Morgan fingerprint density at radius 1 is 0.933 bits per heavy atom. The number of carbonyl (C=O) groups excluding carboxylic acids is 1. The fourth-order valence-corrected chi connectivity index (χ4v) is 3.49. The van der Waals surface area contributed by atoms with Crippen LogP contribution in [0.1, 0.15) is 10.4 Å².